The average molecular weight is 415 g/mol. The topological polar surface area (TPSA) is 88.3 Å². The maximum Gasteiger partial charge on any atom is 0.322 e. The number of hydrogen-bond acceptors (Lipinski definition) is 6. The summed E-state index contributed by atoms with van der Waals surface area (Å²) in [5.74, 6) is 0.837. The maximum atomic E-state index is 12.5. The number of nitrogens with zero attached hydrogens (tertiary/aromatic N) is 3. The number of carbonyl (C=O) groups is 2. The largest absolute Gasteiger partial charge is 0.407 e. The minimum Gasteiger partial charge on any atom is -0.407 e. The van der Waals surface area contributed by atoms with E-state index in [2.05, 4.69) is 15.5 Å². The van der Waals surface area contributed by atoms with Crippen molar-refractivity contribution in [3.05, 3.63) is 30.2 Å². The predicted octanol–water partition coefficient (Wildman–Crippen LogP) is 4.22. The number of thioether (sulfide) groups is 1. The summed E-state index contributed by atoms with van der Waals surface area (Å²) in [4.78, 5) is 27.5. The molecule has 4 rings (SSSR count). The molecule has 1 N–H and O–H groups in total. The summed E-state index contributed by atoms with van der Waals surface area (Å²) in [5, 5.41) is 10.7. The highest BCUT2D eigenvalue weighted by Crippen LogP contribution is 2.33. The Hall–Kier alpha value is -2.35. The fourth-order valence-electron chi connectivity index (χ4n) is 4.15. The number of carbonyl (C=O) groups excluding carboxylic acids is 2. The summed E-state index contributed by atoms with van der Waals surface area (Å²) in [6.07, 6.45) is 8.73. The molecule has 2 fully saturated rings. The highest BCUT2D eigenvalue weighted by molar-refractivity contribution is 7.98. The minimum absolute atomic E-state index is 0.0345. The molecule has 2 aromatic rings. The molecule has 1 aromatic carbocycles. The number of hydrogen-bond donors (Lipinski definition) is 1. The molecule has 154 valence electrons. The van der Waals surface area contributed by atoms with Crippen LogP contribution in [0.4, 0.5) is 11.7 Å². The lowest BCUT2D eigenvalue weighted by Crippen LogP contribution is -2.24. The van der Waals surface area contributed by atoms with Gasteiger partial charge in [0.2, 0.25) is 17.7 Å². The van der Waals surface area contributed by atoms with Gasteiger partial charge in [-0.3, -0.25) is 14.9 Å². The van der Waals surface area contributed by atoms with Crippen molar-refractivity contribution in [2.24, 2.45) is 5.92 Å². The van der Waals surface area contributed by atoms with Crippen LogP contribution in [0.3, 0.4) is 0 Å². The molecule has 2 amide bonds. The van der Waals surface area contributed by atoms with E-state index in [-0.39, 0.29) is 23.7 Å². The third-order valence-corrected chi connectivity index (χ3v) is 6.54. The van der Waals surface area contributed by atoms with Gasteiger partial charge in [0.25, 0.3) is 0 Å². The Morgan fingerprint density at radius 2 is 2.00 bits per heavy atom. The standard InChI is InChI=1S/C21H26N4O3S/c1-29-17-9-7-16(8-10-17)25-13-15(12-19(25)27)20-23-24-21(28-20)22-18(26)11-6-14-4-2-3-5-14/h7-10,14-15H,2-6,11-13H2,1H3,(H,22,24,26). The third-order valence-electron chi connectivity index (χ3n) is 5.80. The van der Waals surface area contributed by atoms with E-state index >= 15 is 0 Å². The molecule has 8 heteroatoms. The number of rotatable bonds is 7. The molecule has 7 nitrogen and oxygen atoms in total. The van der Waals surface area contributed by atoms with Crippen LogP contribution in [0.5, 0.6) is 0 Å². The first-order valence-corrected chi connectivity index (χ1v) is 11.4. The molecule has 2 heterocycles. The van der Waals surface area contributed by atoms with Crippen LogP contribution in [-0.2, 0) is 9.59 Å². The van der Waals surface area contributed by atoms with Crippen molar-refractivity contribution in [2.75, 3.05) is 23.0 Å². The predicted molar refractivity (Wildman–Crippen MR) is 112 cm³/mol. The summed E-state index contributed by atoms with van der Waals surface area (Å²) in [6.45, 7) is 0.495. The van der Waals surface area contributed by atoms with Crippen LogP contribution in [0.1, 0.15) is 56.8 Å². The molecular formula is C21H26N4O3S. The number of anilines is 2. The van der Waals surface area contributed by atoms with Gasteiger partial charge in [-0.2, -0.15) is 0 Å². The Morgan fingerprint density at radius 3 is 2.72 bits per heavy atom. The monoisotopic (exact) mass is 414 g/mol. The molecule has 1 aliphatic carbocycles. The number of amides is 2. The van der Waals surface area contributed by atoms with Crippen molar-refractivity contribution < 1.29 is 14.0 Å². The second-order valence-corrected chi connectivity index (χ2v) is 8.67. The van der Waals surface area contributed by atoms with Gasteiger partial charge in [-0.1, -0.05) is 30.8 Å². The Morgan fingerprint density at radius 1 is 1.24 bits per heavy atom. The van der Waals surface area contributed by atoms with Gasteiger partial charge < -0.3 is 9.32 Å². The van der Waals surface area contributed by atoms with E-state index in [1.54, 1.807) is 16.7 Å². The number of nitrogens with one attached hydrogen (secondary N) is 1. The molecule has 1 saturated carbocycles. The van der Waals surface area contributed by atoms with Gasteiger partial charge in [0, 0.05) is 30.0 Å². The molecule has 1 aromatic heterocycles. The van der Waals surface area contributed by atoms with E-state index in [1.807, 2.05) is 30.5 Å². The molecule has 1 unspecified atom stereocenters. The molecule has 0 spiro atoms. The summed E-state index contributed by atoms with van der Waals surface area (Å²) in [5.41, 5.74) is 0.871. The van der Waals surface area contributed by atoms with Crippen molar-refractivity contribution in [3.8, 4) is 0 Å². The zero-order valence-corrected chi connectivity index (χ0v) is 17.4. The highest BCUT2D eigenvalue weighted by Gasteiger charge is 2.35. The first-order chi connectivity index (χ1) is 14.1. The van der Waals surface area contributed by atoms with Crippen molar-refractivity contribution in [1.82, 2.24) is 10.2 Å². The first kappa shape index (κ1) is 19.9. The van der Waals surface area contributed by atoms with Gasteiger partial charge in [0.05, 0.1) is 5.92 Å². The minimum atomic E-state index is -0.167. The quantitative estimate of drug-likeness (QED) is 0.683. The van der Waals surface area contributed by atoms with Gasteiger partial charge in [0.1, 0.15) is 0 Å². The fraction of sp³-hybridized carbons (Fsp3) is 0.524. The number of aromatic nitrogens is 2. The lowest BCUT2D eigenvalue weighted by Gasteiger charge is -2.16. The lowest BCUT2D eigenvalue weighted by molar-refractivity contribution is -0.117. The molecule has 2 aliphatic rings. The van der Waals surface area contributed by atoms with Gasteiger partial charge in [-0.15, -0.1) is 16.9 Å². The molecule has 0 bridgehead atoms. The van der Waals surface area contributed by atoms with Gasteiger partial charge in [-0.05, 0) is 42.9 Å². The van der Waals surface area contributed by atoms with E-state index in [4.69, 9.17) is 4.42 Å². The van der Waals surface area contributed by atoms with Gasteiger partial charge in [-0.25, -0.2) is 0 Å². The van der Waals surface area contributed by atoms with Crippen LogP contribution in [-0.4, -0.2) is 34.8 Å². The highest BCUT2D eigenvalue weighted by atomic mass is 32.2. The smallest absolute Gasteiger partial charge is 0.322 e. The van der Waals surface area contributed by atoms with Gasteiger partial charge >= 0.3 is 6.01 Å². The number of benzene rings is 1. The van der Waals surface area contributed by atoms with Crippen LogP contribution in [0, 0.1) is 5.92 Å². The van der Waals surface area contributed by atoms with E-state index < -0.39 is 0 Å². The summed E-state index contributed by atoms with van der Waals surface area (Å²) in [7, 11) is 0. The second kappa shape index (κ2) is 8.98. The van der Waals surface area contributed by atoms with E-state index in [0.29, 0.717) is 31.2 Å². The van der Waals surface area contributed by atoms with E-state index in [9.17, 15) is 9.59 Å². The Balaban J connectivity index is 1.32. The van der Waals surface area contributed by atoms with Crippen molar-refractivity contribution in [1.29, 1.82) is 0 Å². The Labute approximate surface area is 174 Å². The lowest BCUT2D eigenvalue weighted by atomic mass is 10.0. The van der Waals surface area contributed by atoms with Crippen LogP contribution in [0.15, 0.2) is 33.6 Å². The first-order valence-electron chi connectivity index (χ1n) is 10.2. The van der Waals surface area contributed by atoms with Gasteiger partial charge in [0.15, 0.2) is 0 Å². The van der Waals surface area contributed by atoms with Crippen LogP contribution < -0.4 is 10.2 Å². The SMILES string of the molecule is CSc1ccc(N2CC(c3nnc(NC(=O)CCC4CCCC4)o3)CC2=O)cc1. The second-order valence-electron chi connectivity index (χ2n) is 7.79. The molecule has 1 atom stereocenters. The van der Waals surface area contributed by atoms with Crippen LogP contribution >= 0.6 is 11.8 Å². The normalized spacial score (nSPS) is 19.8. The Bertz CT molecular complexity index is 861. The van der Waals surface area contributed by atoms with E-state index in [1.165, 1.54) is 25.7 Å². The van der Waals surface area contributed by atoms with Crippen LogP contribution in [0.2, 0.25) is 0 Å². The van der Waals surface area contributed by atoms with E-state index in [0.717, 1.165) is 17.0 Å². The molecular weight excluding hydrogens is 388 g/mol. The summed E-state index contributed by atoms with van der Waals surface area (Å²) < 4.78 is 5.64. The molecule has 29 heavy (non-hydrogen) atoms. The summed E-state index contributed by atoms with van der Waals surface area (Å²) >= 11 is 1.66. The zero-order valence-electron chi connectivity index (χ0n) is 16.6. The molecule has 1 aliphatic heterocycles. The summed E-state index contributed by atoms with van der Waals surface area (Å²) in [6, 6.07) is 8.04. The maximum absolute atomic E-state index is 12.5. The zero-order chi connectivity index (χ0) is 20.2. The van der Waals surface area contributed by atoms with Crippen molar-refractivity contribution in [3.63, 3.8) is 0 Å². The Kier molecular flexibility index (Phi) is 6.18. The third kappa shape index (κ3) is 4.80. The molecule has 0 radical (unpaired) electrons. The fourth-order valence-corrected chi connectivity index (χ4v) is 4.56. The average Bonchev–Trinajstić information content (AvgIpc) is 3.48. The van der Waals surface area contributed by atoms with Crippen molar-refractivity contribution in [2.45, 2.75) is 55.8 Å². The van der Waals surface area contributed by atoms with Crippen LogP contribution in [0.25, 0.3) is 0 Å². The molecule has 1 saturated heterocycles. The van der Waals surface area contributed by atoms with Crippen molar-refractivity contribution >= 4 is 35.3 Å².